The van der Waals surface area contributed by atoms with Gasteiger partial charge in [0.1, 0.15) is 0 Å². The molecule has 0 spiro atoms. The lowest BCUT2D eigenvalue weighted by Crippen LogP contribution is -2.44. The molecule has 0 radical (unpaired) electrons. The van der Waals surface area contributed by atoms with Gasteiger partial charge in [0.05, 0.1) is 6.10 Å². The fourth-order valence-electron chi connectivity index (χ4n) is 1.63. The van der Waals surface area contributed by atoms with E-state index >= 15 is 0 Å². The smallest absolute Gasteiger partial charge is 0.254 e. The fraction of sp³-hybridized carbons (Fsp3) is 0.533. The van der Waals surface area contributed by atoms with Gasteiger partial charge in [0.25, 0.3) is 5.91 Å². The number of hydrogen-bond acceptors (Lipinski definition) is 2. The number of ether oxygens (including phenoxy) is 1. The van der Waals surface area contributed by atoms with Gasteiger partial charge in [-0.1, -0.05) is 30.3 Å². The third kappa shape index (κ3) is 4.88. The Kier molecular flexibility index (Phi) is 4.91. The van der Waals surface area contributed by atoms with Gasteiger partial charge >= 0.3 is 0 Å². The molecule has 1 amide bonds. The van der Waals surface area contributed by atoms with E-state index in [4.69, 9.17) is 4.74 Å². The summed E-state index contributed by atoms with van der Waals surface area (Å²) in [5, 5.41) is 2.96. The van der Waals surface area contributed by atoms with E-state index < -0.39 is 6.10 Å². The van der Waals surface area contributed by atoms with Crippen molar-refractivity contribution in [3.05, 3.63) is 35.9 Å². The molecule has 18 heavy (non-hydrogen) atoms. The van der Waals surface area contributed by atoms with Crippen molar-refractivity contribution in [2.75, 3.05) is 0 Å². The molecule has 1 rings (SSSR count). The third-order valence-corrected chi connectivity index (χ3v) is 2.25. The average molecular weight is 249 g/mol. The van der Waals surface area contributed by atoms with E-state index in [1.165, 1.54) is 0 Å². The van der Waals surface area contributed by atoms with Crippen molar-refractivity contribution in [2.24, 2.45) is 0 Å². The van der Waals surface area contributed by atoms with Crippen molar-refractivity contribution in [1.82, 2.24) is 5.32 Å². The molecule has 100 valence electrons. The van der Waals surface area contributed by atoms with E-state index in [0.717, 1.165) is 5.56 Å². The highest BCUT2D eigenvalue weighted by molar-refractivity contribution is 5.82. The molecule has 1 aromatic rings. The second kappa shape index (κ2) is 6.01. The predicted octanol–water partition coefficient (Wildman–Crippen LogP) is 3.07. The lowest BCUT2D eigenvalue weighted by molar-refractivity contribution is -0.137. The zero-order valence-electron chi connectivity index (χ0n) is 11.9. The van der Waals surface area contributed by atoms with Crippen LogP contribution in [0.3, 0.4) is 0 Å². The maximum absolute atomic E-state index is 12.3. The summed E-state index contributed by atoms with van der Waals surface area (Å²) in [5.74, 6) is -0.0950. The van der Waals surface area contributed by atoms with Crippen LogP contribution in [0.2, 0.25) is 0 Å². The molecule has 1 atom stereocenters. The summed E-state index contributed by atoms with van der Waals surface area (Å²) in [4.78, 5) is 12.3. The second-order valence-corrected chi connectivity index (χ2v) is 5.71. The van der Waals surface area contributed by atoms with E-state index in [9.17, 15) is 4.79 Å². The molecule has 0 heterocycles. The normalized spacial score (nSPS) is 13.4. The largest absolute Gasteiger partial charge is 0.361 e. The highest BCUT2D eigenvalue weighted by Crippen LogP contribution is 2.20. The van der Waals surface area contributed by atoms with Gasteiger partial charge in [0, 0.05) is 5.54 Å². The van der Waals surface area contributed by atoms with Crippen LogP contribution in [0.4, 0.5) is 0 Å². The third-order valence-electron chi connectivity index (χ3n) is 2.25. The SMILES string of the molecule is CC(C)OC(C(=O)NC(C)(C)C)c1ccccc1. The number of amides is 1. The summed E-state index contributed by atoms with van der Waals surface area (Å²) in [6.07, 6.45) is -0.550. The first-order valence-corrected chi connectivity index (χ1v) is 6.32. The first kappa shape index (κ1) is 14.7. The fourth-order valence-corrected chi connectivity index (χ4v) is 1.63. The maximum Gasteiger partial charge on any atom is 0.254 e. The minimum absolute atomic E-state index is 0.000856. The van der Waals surface area contributed by atoms with E-state index in [1.54, 1.807) is 0 Å². The molecule has 0 saturated carbocycles. The van der Waals surface area contributed by atoms with Crippen LogP contribution in [0.1, 0.15) is 46.3 Å². The Morgan fingerprint density at radius 2 is 1.72 bits per heavy atom. The minimum atomic E-state index is -0.551. The molecule has 0 bridgehead atoms. The highest BCUT2D eigenvalue weighted by atomic mass is 16.5. The molecule has 1 unspecified atom stereocenters. The molecule has 3 heteroatoms. The maximum atomic E-state index is 12.3. The van der Waals surface area contributed by atoms with E-state index in [1.807, 2.05) is 65.0 Å². The summed E-state index contributed by atoms with van der Waals surface area (Å²) in [6.45, 7) is 9.74. The van der Waals surface area contributed by atoms with Crippen LogP contribution < -0.4 is 5.32 Å². The van der Waals surface area contributed by atoms with Crippen LogP contribution in [0.15, 0.2) is 30.3 Å². The Morgan fingerprint density at radius 1 is 1.17 bits per heavy atom. The Hall–Kier alpha value is -1.35. The minimum Gasteiger partial charge on any atom is -0.361 e. The number of benzene rings is 1. The summed E-state index contributed by atoms with van der Waals surface area (Å²) >= 11 is 0. The van der Waals surface area contributed by atoms with E-state index in [2.05, 4.69) is 5.32 Å². The molecule has 0 aliphatic heterocycles. The first-order chi connectivity index (χ1) is 8.29. The molecule has 0 aromatic heterocycles. The van der Waals surface area contributed by atoms with E-state index in [-0.39, 0.29) is 17.6 Å². The Morgan fingerprint density at radius 3 is 2.17 bits per heavy atom. The van der Waals surface area contributed by atoms with Gasteiger partial charge in [0.2, 0.25) is 0 Å². The Bertz CT molecular complexity index is 379. The summed E-state index contributed by atoms with van der Waals surface area (Å²) < 4.78 is 5.73. The molecule has 1 N–H and O–H groups in total. The molecule has 1 aromatic carbocycles. The van der Waals surface area contributed by atoms with Gasteiger partial charge in [-0.2, -0.15) is 0 Å². The van der Waals surface area contributed by atoms with Crippen LogP contribution >= 0.6 is 0 Å². The lowest BCUT2D eigenvalue weighted by atomic mass is 10.1. The quantitative estimate of drug-likeness (QED) is 0.890. The standard InChI is InChI=1S/C15H23NO2/c1-11(2)18-13(12-9-7-6-8-10-12)14(17)16-15(3,4)5/h6-11,13H,1-5H3,(H,16,17). The van der Waals surface area contributed by atoms with Crippen LogP contribution in [-0.4, -0.2) is 17.6 Å². The van der Waals surface area contributed by atoms with Crippen LogP contribution in [0, 0.1) is 0 Å². The predicted molar refractivity (Wildman–Crippen MR) is 73.3 cm³/mol. The van der Waals surface area contributed by atoms with Gasteiger partial charge in [-0.25, -0.2) is 0 Å². The van der Waals surface area contributed by atoms with Crippen molar-refractivity contribution in [3.8, 4) is 0 Å². The zero-order chi connectivity index (χ0) is 13.8. The monoisotopic (exact) mass is 249 g/mol. The molecule has 0 fully saturated rings. The van der Waals surface area contributed by atoms with Crippen molar-refractivity contribution in [3.63, 3.8) is 0 Å². The van der Waals surface area contributed by atoms with Crippen LogP contribution in [0.5, 0.6) is 0 Å². The summed E-state index contributed by atoms with van der Waals surface area (Å²) in [5.41, 5.74) is 0.623. The molecule has 0 saturated heterocycles. The van der Waals surface area contributed by atoms with Gasteiger partial charge < -0.3 is 10.1 Å². The summed E-state index contributed by atoms with van der Waals surface area (Å²) in [7, 11) is 0. The van der Waals surface area contributed by atoms with Crippen molar-refractivity contribution >= 4 is 5.91 Å². The first-order valence-electron chi connectivity index (χ1n) is 6.32. The van der Waals surface area contributed by atoms with Gasteiger partial charge in [-0.3, -0.25) is 4.79 Å². The van der Waals surface area contributed by atoms with Crippen LogP contribution in [0.25, 0.3) is 0 Å². The molecular formula is C15H23NO2. The molecule has 0 aliphatic rings. The van der Waals surface area contributed by atoms with Gasteiger partial charge in [-0.05, 0) is 40.2 Å². The average Bonchev–Trinajstić information content (AvgIpc) is 2.24. The molecule has 0 aliphatic carbocycles. The highest BCUT2D eigenvalue weighted by Gasteiger charge is 2.25. The topological polar surface area (TPSA) is 38.3 Å². The number of nitrogens with one attached hydrogen (secondary N) is 1. The van der Waals surface area contributed by atoms with Crippen molar-refractivity contribution in [1.29, 1.82) is 0 Å². The van der Waals surface area contributed by atoms with Gasteiger partial charge in [0.15, 0.2) is 6.10 Å². The van der Waals surface area contributed by atoms with Crippen molar-refractivity contribution in [2.45, 2.75) is 52.4 Å². The Labute approximate surface area is 110 Å². The number of hydrogen-bond donors (Lipinski definition) is 1. The summed E-state index contributed by atoms with van der Waals surface area (Å²) in [6, 6.07) is 9.58. The second-order valence-electron chi connectivity index (χ2n) is 5.71. The Balaban J connectivity index is 2.89. The van der Waals surface area contributed by atoms with Gasteiger partial charge in [-0.15, -0.1) is 0 Å². The number of carbonyl (C=O) groups is 1. The number of rotatable bonds is 4. The zero-order valence-corrected chi connectivity index (χ0v) is 11.9. The molecule has 3 nitrogen and oxygen atoms in total. The van der Waals surface area contributed by atoms with Crippen LogP contribution in [-0.2, 0) is 9.53 Å². The molecular weight excluding hydrogens is 226 g/mol. The lowest BCUT2D eigenvalue weighted by Gasteiger charge is -2.26. The van der Waals surface area contributed by atoms with Crippen molar-refractivity contribution < 1.29 is 9.53 Å². The van der Waals surface area contributed by atoms with E-state index in [0.29, 0.717) is 0 Å². The number of carbonyl (C=O) groups excluding carboxylic acids is 1.